The second kappa shape index (κ2) is 4.29. The van der Waals surface area contributed by atoms with E-state index in [4.69, 9.17) is 0 Å². The molecule has 1 aromatic heterocycles. The Morgan fingerprint density at radius 2 is 2.17 bits per heavy atom. The van der Waals surface area contributed by atoms with E-state index in [9.17, 15) is 0 Å². The summed E-state index contributed by atoms with van der Waals surface area (Å²) in [5, 5.41) is 4.38. The Labute approximate surface area is 74.6 Å². The van der Waals surface area contributed by atoms with E-state index in [-0.39, 0.29) is 0 Å². The summed E-state index contributed by atoms with van der Waals surface area (Å²) < 4.78 is 2.07. The highest BCUT2D eigenvalue weighted by Crippen LogP contribution is 2.04. The van der Waals surface area contributed by atoms with E-state index in [0.29, 0.717) is 0 Å². The highest BCUT2D eigenvalue weighted by molar-refractivity contribution is 5.06. The molecule has 0 saturated carbocycles. The van der Waals surface area contributed by atoms with Gasteiger partial charge < -0.3 is 0 Å². The maximum Gasteiger partial charge on any atom is 0.0596 e. The maximum atomic E-state index is 4.38. The summed E-state index contributed by atoms with van der Waals surface area (Å²) in [4.78, 5) is 0. The first kappa shape index (κ1) is 9.30. The zero-order chi connectivity index (χ0) is 8.97. The molecular formula is C10H17N2. The molecule has 0 aliphatic heterocycles. The fraction of sp³-hybridized carbons (Fsp3) is 0.600. The van der Waals surface area contributed by atoms with Crippen LogP contribution in [0, 0.1) is 20.8 Å². The third-order valence-electron chi connectivity index (χ3n) is 1.97. The summed E-state index contributed by atoms with van der Waals surface area (Å²) in [6.45, 7) is 8.99. The molecule has 0 fully saturated rings. The minimum absolute atomic E-state index is 1.03. The van der Waals surface area contributed by atoms with Crippen LogP contribution in [0.5, 0.6) is 0 Å². The molecule has 0 amide bonds. The molecule has 0 aromatic carbocycles. The van der Waals surface area contributed by atoms with Gasteiger partial charge in [-0.15, -0.1) is 0 Å². The Kier molecular flexibility index (Phi) is 3.32. The average Bonchev–Trinajstić information content (AvgIpc) is 2.31. The Bertz CT molecular complexity index is 238. The van der Waals surface area contributed by atoms with E-state index < -0.39 is 0 Å². The SMILES string of the molecule is [CH2]CCCCn1nc(C)cc1C. The maximum absolute atomic E-state index is 4.38. The van der Waals surface area contributed by atoms with Gasteiger partial charge in [-0.25, -0.2) is 0 Å². The van der Waals surface area contributed by atoms with E-state index in [2.05, 4.69) is 29.7 Å². The monoisotopic (exact) mass is 165 g/mol. The lowest BCUT2D eigenvalue weighted by molar-refractivity contribution is 0.546. The molecule has 12 heavy (non-hydrogen) atoms. The second-order valence-corrected chi connectivity index (χ2v) is 3.21. The lowest BCUT2D eigenvalue weighted by atomic mass is 10.2. The molecule has 0 unspecified atom stereocenters. The number of aromatic nitrogens is 2. The topological polar surface area (TPSA) is 17.8 Å². The molecule has 0 bridgehead atoms. The van der Waals surface area contributed by atoms with Crippen molar-refractivity contribution in [3.8, 4) is 0 Å². The zero-order valence-corrected chi connectivity index (χ0v) is 8.01. The third kappa shape index (κ3) is 2.36. The first-order valence-electron chi connectivity index (χ1n) is 4.54. The largest absolute Gasteiger partial charge is 0.270 e. The summed E-state index contributed by atoms with van der Waals surface area (Å²) in [6, 6.07) is 2.12. The normalized spacial score (nSPS) is 10.6. The number of aryl methyl sites for hydroxylation is 3. The Morgan fingerprint density at radius 1 is 1.42 bits per heavy atom. The molecule has 1 aromatic rings. The third-order valence-corrected chi connectivity index (χ3v) is 1.97. The van der Waals surface area contributed by atoms with Crippen molar-refractivity contribution in [3.63, 3.8) is 0 Å². The van der Waals surface area contributed by atoms with Crippen molar-refractivity contribution in [1.82, 2.24) is 9.78 Å². The van der Waals surface area contributed by atoms with Crippen LogP contribution in [0.3, 0.4) is 0 Å². The van der Waals surface area contributed by atoms with Crippen LogP contribution in [0.25, 0.3) is 0 Å². The van der Waals surface area contributed by atoms with E-state index in [1.807, 2.05) is 6.92 Å². The van der Waals surface area contributed by atoms with Gasteiger partial charge in [0.25, 0.3) is 0 Å². The van der Waals surface area contributed by atoms with Crippen molar-refractivity contribution in [3.05, 3.63) is 24.4 Å². The standard InChI is InChI=1S/C10H17N2/c1-4-5-6-7-12-10(3)8-9(2)11-12/h8H,1,4-7H2,2-3H3. The number of hydrogen-bond donors (Lipinski definition) is 0. The summed E-state index contributed by atoms with van der Waals surface area (Å²) in [6.07, 6.45) is 3.41. The lowest BCUT2D eigenvalue weighted by Gasteiger charge is -2.02. The van der Waals surface area contributed by atoms with Crippen LogP contribution in [0.2, 0.25) is 0 Å². The molecule has 0 atom stereocenters. The number of unbranched alkanes of at least 4 members (excludes halogenated alkanes) is 2. The molecule has 1 rings (SSSR count). The Balaban J connectivity index is 2.45. The quantitative estimate of drug-likeness (QED) is 0.627. The Morgan fingerprint density at radius 3 is 2.67 bits per heavy atom. The Hall–Kier alpha value is -0.790. The molecule has 0 aliphatic rings. The van der Waals surface area contributed by atoms with Gasteiger partial charge in [-0.05, 0) is 26.3 Å². The molecule has 2 nitrogen and oxygen atoms in total. The van der Waals surface area contributed by atoms with Crippen LogP contribution in [-0.2, 0) is 6.54 Å². The van der Waals surface area contributed by atoms with Gasteiger partial charge in [0, 0.05) is 12.2 Å². The van der Waals surface area contributed by atoms with Crippen LogP contribution in [0.1, 0.15) is 30.7 Å². The van der Waals surface area contributed by atoms with Gasteiger partial charge in [-0.3, -0.25) is 4.68 Å². The molecule has 1 heterocycles. The fourth-order valence-electron chi connectivity index (χ4n) is 1.34. The second-order valence-electron chi connectivity index (χ2n) is 3.21. The van der Waals surface area contributed by atoms with Gasteiger partial charge in [0.15, 0.2) is 0 Å². The van der Waals surface area contributed by atoms with Gasteiger partial charge in [-0.1, -0.05) is 19.8 Å². The van der Waals surface area contributed by atoms with Crippen molar-refractivity contribution in [2.75, 3.05) is 0 Å². The highest BCUT2D eigenvalue weighted by atomic mass is 15.3. The van der Waals surface area contributed by atoms with E-state index in [0.717, 1.165) is 18.7 Å². The molecule has 0 aliphatic carbocycles. The van der Waals surface area contributed by atoms with Crippen LogP contribution >= 0.6 is 0 Å². The van der Waals surface area contributed by atoms with Crippen LogP contribution in [0.4, 0.5) is 0 Å². The summed E-state index contributed by atoms with van der Waals surface area (Å²) >= 11 is 0. The average molecular weight is 165 g/mol. The van der Waals surface area contributed by atoms with Crippen molar-refractivity contribution in [2.45, 2.75) is 39.7 Å². The predicted molar refractivity (Wildman–Crippen MR) is 50.9 cm³/mol. The minimum Gasteiger partial charge on any atom is -0.270 e. The van der Waals surface area contributed by atoms with Gasteiger partial charge in [-0.2, -0.15) is 5.10 Å². The number of rotatable bonds is 4. The van der Waals surface area contributed by atoms with E-state index in [1.54, 1.807) is 0 Å². The predicted octanol–water partition coefficient (Wildman–Crippen LogP) is 2.50. The highest BCUT2D eigenvalue weighted by Gasteiger charge is 1.98. The van der Waals surface area contributed by atoms with Crippen molar-refractivity contribution < 1.29 is 0 Å². The molecule has 1 radical (unpaired) electrons. The molecule has 67 valence electrons. The van der Waals surface area contributed by atoms with Crippen LogP contribution in [-0.4, -0.2) is 9.78 Å². The summed E-state index contributed by atoms with van der Waals surface area (Å²) in [7, 11) is 0. The lowest BCUT2D eigenvalue weighted by Crippen LogP contribution is -2.02. The fourth-order valence-corrected chi connectivity index (χ4v) is 1.34. The van der Waals surface area contributed by atoms with Crippen LogP contribution < -0.4 is 0 Å². The van der Waals surface area contributed by atoms with Crippen molar-refractivity contribution in [2.24, 2.45) is 0 Å². The van der Waals surface area contributed by atoms with E-state index in [1.165, 1.54) is 18.5 Å². The van der Waals surface area contributed by atoms with Gasteiger partial charge in [0.2, 0.25) is 0 Å². The van der Waals surface area contributed by atoms with Crippen molar-refractivity contribution in [1.29, 1.82) is 0 Å². The van der Waals surface area contributed by atoms with Gasteiger partial charge in [0.1, 0.15) is 0 Å². The number of hydrogen-bond acceptors (Lipinski definition) is 1. The van der Waals surface area contributed by atoms with Gasteiger partial charge in [0.05, 0.1) is 5.69 Å². The first-order chi connectivity index (χ1) is 5.74. The number of nitrogens with zero attached hydrogens (tertiary/aromatic N) is 2. The van der Waals surface area contributed by atoms with Crippen molar-refractivity contribution >= 4 is 0 Å². The molecule has 0 N–H and O–H groups in total. The molecular weight excluding hydrogens is 148 g/mol. The first-order valence-corrected chi connectivity index (χ1v) is 4.54. The smallest absolute Gasteiger partial charge is 0.0596 e. The molecule has 0 spiro atoms. The molecule has 2 heteroatoms. The zero-order valence-electron chi connectivity index (χ0n) is 8.01. The van der Waals surface area contributed by atoms with Gasteiger partial charge >= 0.3 is 0 Å². The van der Waals surface area contributed by atoms with Crippen LogP contribution in [0.15, 0.2) is 6.07 Å². The summed E-state index contributed by atoms with van der Waals surface area (Å²) in [5.41, 5.74) is 2.37. The minimum atomic E-state index is 1.03. The molecule has 0 saturated heterocycles. The van der Waals surface area contributed by atoms with E-state index >= 15 is 0 Å². The summed E-state index contributed by atoms with van der Waals surface area (Å²) in [5.74, 6) is 0.